The molecule has 0 atom stereocenters. The Labute approximate surface area is 126 Å². The minimum atomic E-state index is 0.0953. The number of nitrogens with zero attached hydrogens (tertiary/aromatic N) is 5. The second-order valence-electron chi connectivity index (χ2n) is 6.62. The van der Waals surface area contributed by atoms with Crippen LogP contribution in [-0.4, -0.2) is 57.2 Å². The van der Waals surface area contributed by atoms with Gasteiger partial charge in [-0.25, -0.2) is 0 Å². The fourth-order valence-electron chi connectivity index (χ4n) is 3.33. The lowest BCUT2D eigenvalue weighted by molar-refractivity contribution is -0.135. The quantitative estimate of drug-likeness (QED) is 0.818. The molecule has 0 bridgehead atoms. The summed E-state index contributed by atoms with van der Waals surface area (Å²) in [4.78, 5) is 16.3. The molecule has 0 aliphatic carbocycles. The normalized spacial score (nSPS) is 20.9. The van der Waals surface area contributed by atoms with Crippen molar-refractivity contribution in [3.05, 3.63) is 11.6 Å². The number of amides is 1. The second kappa shape index (κ2) is 5.75. The Morgan fingerprint density at radius 1 is 1.14 bits per heavy atom. The Kier molecular flexibility index (Phi) is 3.97. The number of likely N-dealkylation sites (N-methyl/N-ethyl adjacent to an activating group) is 1. The molecular formula is C15H25N5O. The molecule has 116 valence electrons. The van der Waals surface area contributed by atoms with Crippen LogP contribution in [0.3, 0.4) is 0 Å². The van der Waals surface area contributed by atoms with Crippen molar-refractivity contribution < 1.29 is 4.79 Å². The van der Waals surface area contributed by atoms with E-state index in [1.165, 1.54) is 0 Å². The number of hydrogen-bond donors (Lipinski definition) is 0. The summed E-state index contributed by atoms with van der Waals surface area (Å²) in [5.74, 6) is 3.04. The summed E-state index contributed by atoms with van der Waals surface area (Å²) in [5.41, 5.74) is 0. The van der Waals surface area contributed by atoms with Crippen LogP contribution in [0.2, 0.25) is 0 Å². The molecule has 1 amide bonds. The van der Waals surface area contributed by atoms with Crippen LogP contribution in [0.1, 0.15) is 44.3 Å². The SMILES string of the molecule is CC(C)C(=O)N1CCC(c2nnc3n2CCN(C)C3)CC1. The zero-order valence-corrected chi connectivity index (χ0v) is 13.2. The molecule has 21 heavy (non-hydrogen) atoms. The first-order valence-corrected chi connectivity index (χ1v) is 7.95. The predicted octanol–water partition coefficient (Wildman–Crippen LogP) is 1.09. The Bertz CT molecular complexity index is 516. The topological polar surface area (TPSA) is 54.3 Å². The fraction of sp³-hybridized carbons (Fsp3) is 0.800. The highest BCUT2D eigenvalue weighted by atomic mass is 16.2. The highest BCUT2D eigenvalue weighted by Crippen LogP contribution is 2.28. The summed E-state index contributed by atoms with van der Waals surface area (Å²) in [7, 11) is 2.12. The number of carbonyl (C=O) groups is 1. The third-order valence-corrected chi connectivity index (χ3v) is 4.64. The Balaban J connectivity index is 1.67. The zero-order valence-electron chi connectivity index (χ0n) is 13.2. The molecule has 1 aromatic rings. The summed E-state index contributed by atoms with van der Waals surface area (Å²) in [6.07, 6.45) is 2.01. The maximum atomic E-state index is 12.0. The van der Waals surface area contributed by atoms with Crippen molar-refractivity contribution in [2.45, 2.75) is 45.7 Å². The minimum absolute atomic E-state index is 0.0953. The van der Waals surface area contributed by atoms with Gasteiger partial charge < -0.3 is 9.47 Å². The summed E-state index contributed by atoms with van der Waals surface area (Å²) in [6.45, 7) is 8.58. The van der Waals surface area contributed by atoms with Gasteiger partial charge in [-0.2, -0.15) is 0 Å². The monoisotopic (exact) mass is 291 g/mol. The third-order valence-electron chi connectivity index (χ3n) is 4.64. The van der Waals surface area contributed by atoms with Gasteiger partial charge in [-0.1, -0.05) is 13.8 Å². The molecule has 6 nitrogen and oxygen atoms in total. The van der Waals surface area contributed by atoms with Crippen LogP contribution in [0.25, 0.3) is 0 Å². The number of rotatable bonds is 2. The molecule has 0 radical (unpaired) electrons. The van der Waals surface area contributed by atoms with Gasteiger partial charge in [-0.3, -0.25) is 9.69 Å². The first-order chi connectivity index (χ1) is 10.1. The molecule has 1 aromatic heterocycles. The largest absolute Gasteiger partial charge is 0.342 e. The summed E-state index contributed by atoms with van der Waals surface area (Å²) in [6, 6.07) is 0. The number of fused-ring (bicyclic) bond motifs is 1. The van der Waals surface area contributed by atoms with E-state index in [1.54, 1.807) is 0 Å². The maximum absolute atomic E-state index is 12.0. The van der Waals surface area contributed by atoms with Gasteiger partial charge in [0, 0.05) is 38.0 Å². The summed E-state index contributed by atoms with van der Waals surface area (Å²) in [5, 5.41) is 8.80. The van der Waals surface area contributed by atoms with Gasteiger partial charge in [0.1, 0.15) is 11.6 Å². The lowest BCUT2D eigenvalue weighted by Crippen LogP contribution is -2.40. The van der Waals surface area contributed by atoms with Crippen molar-refractivity contribution >= 4 is 5.91 Å². The standard InChI is InChI=1S/C15H25N5O/c1-11(2)15(21)19-6-4-12(5-7-19)14-17-16-13-10-18(3)8-9-20(13)14/h11-12H,4-10H2,1-3H3. The first kappa shape index (κ1) is 14.5. The van der Waals surface area contributed by atoms with Crippen LogP contribution in [0.15, 0.2) is 0 Å². The van der Waals surface area contributed by atoms with Gasteiger partial charge in [0.2, 0.25) is 5.91 Å². The van der Waals surface area contributed by atoms with Crippen molar-refractivity contribution in [1.29, 1.82) is 0 Å². The number of piperidine rings is 1. The Morgan fingerprint density at radius 3 is 2.52 bits per heavy atom. The molecule has 2 aliphatic rings. The molecule has 3 heterocycles. The van der Waals surface area contributed by atoms with Gasteiger partial charge in [0.25, 0.3) is 0 Å². The van der Waals surface area contributed by atoms with Crippen LogP contribution in [0.4, 0.5) is 0 Å². The minimum Gasteiger partial charge on any atom is -0.342 e. The number of likely N-dealkylation sites (tertiary alicyclic amines) is 1. The van der Waals surface area contributed by atoms with Gasteiger partial charge in [0.15, 0.2) is 0 Å². The molecule has 0 N–H and O–H groups in total. The van der Waals surface area contributed by atoms with E-state index in [0.29, 0.717) is 5.92 Å². The molecule has 2 aliphatic heterocycles. The van der Waals surface area contributed by atoms with Gasteiger partial charge in [0.05, 0.1) is 6.54 Å². The average Bonchev–Trinajstić information content (AvgIpc) is 2.89. The number of aromatic nitrogens is 3. The molecule has 3 rings (SSSR count). The molecule has 1 saturated heterocycles. The summed E-state index contributed by atoms with van der Waals surface area (Å²) < 4.78 is 2.30. The predicted molar refractivity (Wildman–Crippen MR) is 79.7 cm³/mol. The van der Waals surface area contributed by atoms with E-state index >= 15 is 0 Å². The van der Waals surface area contributed by atoms with E-state index in [4.69, 9.17) is 0 Å². The number of carbonyl (C=O) groups excluding carboxylic acids is 1. The van der Waals surface area contributed by atoms with Crippen molar-refractivity contribution in [3.63, 3.8) is 0 Å². The molecule has 0 saturated carbocycles. The van der Waals surface area contributed by atoms with E-state index in [9.17, 15) is 4.79 Å². The van der Waals surface area contributed by atoms with E-state index in [2.05, 4.69) is 26.7 Å². The van der Waals surface area contributed by atoms with Crippen LogP contribution in [0, 0.1) is 5.92 Å². The van der Waals surface area contributed by atoms with Gasteiger partial charge in [-0.05, 0) is 19.9 Å². The van der Waals surface area contributed by atoms with E-state index < -0.39 is 0 Å². The number of hydrogen-bond acceptors (Lipinski definition) is 4. The molecule has 6 heteroatoms. The summed E-state index contributed by atoms with van der Waals surface area (Å²) >= 11 is 0. The van der Waals surface area contributed by atoms with Crippen LogP contribution < -0.4 is 0 Å². The smallest absolute Gasteiger partial charge is 0.225 e. The molecule has 0 unspecified atom stereocenters. The van der Waals surface area contributed by atoms with Gasteiger partial charge in [-0.15, -0.1) is 10.2 Å². The van der Waals surface area contributed by atoms with Crippen LogP contribution in [-0.2, 0) is 17.9 Å². The third kappa shape index (κ3) is 2.81. The van der Waals surface area contributed by atoms with Crippen molar-refractivity contribution in [3.8, 4) is 0 Å². The molecule has 0 spiro atoms. The second-order valence-corrected chi connectivity index (χ2v) is 6.62. The van der Waals surface area contributed by atoms with Crippen LogP contribution >= 0.6 is 0 Å². The lowest BCUT2D eigenvalue weighted by atomic mass is 9.95. The fourth-order valence-corrected chi connectivity index (χ4v) is 3.33. The maximum Gasteiger partial charge on any atom is 0.225 e. The lowest BCUT2D eigenvalue weighted by Gasteiger charge is -2.33. The first-order valence-electron chi connectivity index (χ1n) is 7.95. The average molecular weight is 291 g/mol. The van der Waals surface area contributed by atoms with E-state index in [-0.39, 0.29) is 11.8 Å². The molecule has 0 aromatic carbocycles. The highest BCUT2D eigenvalue weighted by Gasteiger charge is 2.29. The van der Waals surface area contributed by atoms with Crippen molar-refractivity contribution in [2.75, 3.05) is 26.7 Å². The van der Waals surface area contributed by atoms with Crippen LogP contribution in [0.5, 0.6) is 0 Å². The molecule has 1 fully saturated rings. The Hall–Kier alpha value is -1.43. The Morgan fingerprint density at radius 2 is 1.86 bits per heavy atom. The molecular weight excluding hydrogens is 266 g/mol. The zero-order chi connectivity index (χ0) is 15.0. The van der Waals surface area contributed by atoms with Crippen molar-refractivity contribution in [2.24, 2.45) is 5.92 Å². The van der Waals surface area contributed by atoms with E-state index in [1.807, 2.05) is 18.7 Å². The van der Waals surface area contributed by atoms with Gasteiger partial charge >= 0.3 is 0 Å². The highest BCUT2D eigenvalue weighted by molar-refractivity contribution is 5.78. The van der Waals surface area contributed by atoms with Crippen molar-refractivity contribution in [1.82, 2.24) is 24.6 Å². The van der Waals surface area contributed by atoms with E-state index in [0.717, 1.165) is 57.2 Å².